The molecule has 2 rings (SSSR count). The highest BCUT2D eigenvalue weighted by Crippen LogP contribution is 2.28. The van der Waals surface area contributed by atoms with E-state index in [9.17, 15) is 9.90 Å². The molecule has 20 heavy (non-hydrogen) atoms. The van der Waals surface area contributed by atoms with Gasteiger partial charge in [-0.3, -0.25) is 4.79 Å². The predicted molar refractivity (Wildman–Crippen MR) is 75.4 cm³/mol. The SMILES string of the molecule is CC[C@H]1OCCC[C@@H]1C(=O)N1CCC(O)(COC)CC1. The van der Waals surface area contributed by atoms with Gasteiger partial charge in [0.2, 0.25) is 5.91 Å². The van der Waals surface area contributed by atoms with E-state index >= 15 is 0 Å². The van der Waals surface area contributed by atoms with Gasteiger partial charge >= 0.3 is 0 Å². The number of amides is 1. The molecule has 1 N–H and O–H groups in total. The molecule has 0 aromatic heterocycles. The molecule has 0 spiro atoms. The molecule has 1 amide bonds. The third-order valence-electron chi connectivity index (χ3n) is 4.58. The average molecular weight is 285 g/mol. The van der Waals surface area contributed by atoms with E-state index in [-0.39, 0.29) is 17.9 Å². The van der Waals surface area contributed by atoms with Crippen LogP contribution in [0.1, 0.15) is 39.0 Å². The molecule has 116 valence electrons. The van der Waals surface area contributed by atoms with Gasteiger partial charge in [-0.2, -0.15) is 0 Å². The molecule has 0 aromatic carbocycles. The zero-order valence-electron chi connectivity index (χ0n) is 12.6. The maximum atomic E-state index is 12.6. The molecule has 2 aliphatic heterocycles. The summed E-state index contributed by atoms with van der Waals surface area (Å²) in [6.45, 7) is 4.43. The molecule has 2 atom stereocenters. The smallest absolute Gasteiger partial charge is 0.228 e. The monoisotopic (exact) mass is 285 g/mol. The Balaban J connectivity index is 1.90. The first kappa shape index (κ1) is 15.7. The van der Waals surface area contributed by atoms with E-state index in [4.69, 9.17) is 9.47 Å². The van der Waals surface area contributed by atoms with Crippen molar-refractivity contribution in [1.29, 1.82) is 0 Å². The minimum atomic E-state index is -0.765. The van der Waals surface area contributed by atoms with Gasteiger partial charge in [0.25, 0.3) is 0 Å². The molecule has 5 heteroatoms. The number of carbonyl (C=O) groups excluding carboxylic acids is 1. The van der Waals surface area contributed by atoms with Crippen molar-refractivity contribution in [3.05, 3.63) is 0 Å². The number of aliphatic hydroxyl groups is 1. The molecule has 0 aromatic rings. The lowest BCUT2D eigenvalue weighted by atomic mass is 9.88. The van der Waals surface area contributed by atoms with Crippen LogP contribution in [-0.2, 0) is 14.3 Å². The van der Waals surface area contributed by atoms with E-state index in [1.807, 2.05) is 4.90 Å². The quantitative estimate of drug-likeness (QED) is 0.843. The normalized spacial score (nSPS) is 30.2. The van der Waals surface area contributed by atoms with Crippen molar-refractivity contribution in [2.24, 2.45) is 5.92 Å². The van der Waals surface area contributed by atoms with Crippen molar-refractivity contribution < 1.29 is 19.4 Å². The van der Waals surface area contributed by atoms with Crippen LogP contribution in [0.25, 0.3) is 0 Å². The summed E-state index contributed by atoms with van der Waals surface area (Å²) in [6, 6.07) is 0. The number of piperidine rings is 1. The number of likely N-dealkylation sites (tertiary alicyclic amines) is 1. The third-order valence-corrected chi connectivity index (χ3v) is 4.58. The molecule has 0 saturated carbocycles. The van der Waals surface area contributed by atoms with E-state index in [1.165, 1.54) is 0 Å². The number of hydrogen-bond donors (Lipinski definition) is 1. The summed E-state index contributed by atoms with van der Waals surface area (Å²) in [5.74, 6) is 0.207. The van der Waals surface area contributed by atoms with E-state index in [2.05, 4.69) is 6.92 Å². The van der Waals surface area contributed by atoms with Crippen LogP contribution in [0.4, 0.5) is 0 Å². The second-order valence-electron chi connectivity index (χ2n) is 6.05. The maximum absolute atomic E-state index is 12.6. The van der Waals surface area contributed by atoms with Gasteiger partial charge < -0.3 is 19.5 Å². The van der Waals surface area contributed by atoms with Crippen molar-refractivity contribution in [2.75, 3.05) is 33.4 Å². The molecule has 0 radical (unpaired) electrons. The molecule has 2 heterocycles. The van der Waals surface area contributed by atoms with Crippen molar-refractivity contribution in [1.82, 2.24) is 4.90 Å². The topological polar surface area (TPSA) is 59.0 Å². The number of carbonyl (C=O) groups is 1. The highest BCUT2D eigenvalue weighted by Gasteiger charge is 2.38. The van der Waals surface area contributed by atoms with Gasteiger partial charge in [0.05, 0.1) is 24.2 Å². The van der Waals surface area contributed by atoms with Gasteiger partial charge in [0, 0.05) is 26.8 Å². The second kappa shape index (κ2) is 6.87. The highest BCUT2D eigenvalue weighted by atomic mass is 16.5. The number of rotatable bonds is 4. The standard InChI is InChI=1S/C15H27NO4/c1-3-13-12(5-4-10-20-13)14(17)16-8-6-15(18,7-9-16)11-19-2/h12-13,18H,3-11H2,1-2H3/t12-,13+/m0/s1. The Kier molecular flexibility index (Phi) is 5.41. The fourth-order valence-corrected chi connectivity index (χ4v) is 3.32. The number of hydrogen-bond acceptors (Lipinski definition) is 4. The molecular weight excluding hydrogens is 258 g/mol. The van der Waals surface area contributed by atoms with E-state index in [0.29, 0.717) is 32.5 Å². The Labute approximate surface area is 121 Å². The molecule has 0 aliphatic carbocycles. The van der Waals surface area contributed by atoms with Gasteiger partial charge in [0.15, 0.2) is 0 Å². The summed E-state index contributed by atoms with van der Waals surface area (Å²) in [5.41, 5.74) is -0.765. The fraction of sp³-hybridized carbons (Fsp3) is 0.933. The van der Waals surface area contributed by atoms with E-state index in [0.717, 1.165) is 25.9 Å². The Morgan fingerprint density at radius 1 is 1.45 bits per heavy atom. The van der Waals surface area contributed by atoms with Crippen LogP contribution < -0.4 is 0 Å². The van der Waals surface area contributed by atoms with E-state index in [1.54, 1.807) is 7.11 Å². The first-order valence-corrected chi connectivity index (χ1v) is 7.71. The van der Waals surface area contributed by atoms with Crippen LogP contribution in [0.2, 0.25) is 0 Å². The first-order valence-electron chi connectivity index (χ1n) is 7.71. The van der Waals surface area contributed by atoms with Gasteiger partial charge in [0.1, 0.15) is 0 Å². The molecule has 5 nitrogen and oxygen atoms in total. The van der Waals surface area contributed by atoms with Gasteiger partial charge in [-0.1, -0.05) is 6.92 Å². The maximum Gasteiger partial charge on any atom is 0.228 e. The molecule has 2 saturated heterocycles. The lowest BCUT2D eigenvalue weighted by Crippen LogP contribution is -2.52. The minimum Gasteiger partial charge on any atom is -0.387 e. The molecule has 2 fully saturated rings. The van der Waals surface area contributed by atoms with Gasteiger partial charge in [-0.05, 0) is 32.1 Å². The molecule has 0 bridgehead atoms. The second-order valence-corrected chi connectivity index (χ2v) is 6.05. The summed E-state index contributed by atoms with van der Waals surface area (Å²) < 4.78 is 10.8. The van der Waals surface area contributed by atoms with Crippen LogP contribution in [0.3, 0.4) is 0 Å². The Bertz CT molecular complexity index is 326. The van der Waals surface area contributed by atoms with Crippen LogP contribution in [-0.4, -0.2) is 61.0 Å². The van der Waals surface area contributed by atoms with Gasteiger partial charge in [-0.15, -0.1) is 0 Å². The zero-order valence-corrected chi connectivity index (χ0v) is 12.6. The summed E-state index contributed by atoms with van der Waals surface area (Å²) in [5, 5.41) is 10.3. The summed E-state index contributed by atoms with van der Waals surface area (Å²) in [6.07, 6.45) is 4.03. The van der Waals surface area contributed by atoms with Crippen molar-refractivity contribution in [2.45, 2.75) is 50.7 Å². The van der Waals surface area contributed by atoms with Crippen LogP contribution in [0.15, 0.2) is 0 Å². The summed E-state index contributed by atoms with van der Waals surface area (Å²) in [7, 11) is 1.60. The van der Waals surface area contributed by atoms with Crippen molar-refractivity contribution in [3.63, 3.8) is 0 Å². The van der Waals surface area contributed by atoms with Crippen LogP contribution in [0.5, 0.6) is 0 Å². The largest absolute Gasteiger partial charge is 0.387 e. The lowest BCUT2D eigenvalue weighted by Gasteiger charge is -2.40. The van der Waals surface area contributed by atoms with E-state index < -0.39 is 5.60 Å². The van der Waals surface area contributed by atoms with Crippen LogP contribution >= 0.6 is 0 Å². The first-order chi connectivity index (χ1) is 9.59. The fourth-order valence-electron chi connectivity index (χ4n) is 3.32. The predicted octanol–water partition coefficient (Wildman–Crippen LogP) is 1.19. The minimum absolute atomic E-state index is 0.00219. The lowest BCUT2D eigenvalue weighted by molar-refractivity contribution is -0.150. The average Bonchev–Trinajstić information content (AvgIpc) is 2.47. The van der Waals surface area contributed by atoms with Crippen molar-refractivity contribution >= 4 is 5.91 Å². The summed E-state index contributed by atoms with van der Waals surface area (Å²) in [4.78, 5) is 14.5. The molecular formula is C15H27NO4. The number of ether oxygens (including phenoxy) is 2. The summed E-state index contributed by atoms with van der Waals surface area (Å²) >= 11 is 0. The molecule has 0 unspecified atom stereocenters. The Morgan fingerprint density at radius 2 is 2.15 bits per heavy atom. The Morgan fingerprint density at radius 3 is 2.75 bits per heavy atom. The van der Waals surface area contributed by atoms with Crippen molar-refractivity contribution in [3.8, 4) is 0 Å². The number of nitrogens with zero attached hydrogens (tertiary/aromatic N) is 1. The number of methoxy groups -OCH3 is 1. The molecule has 2 aliphatic rings. The highest BCUT2D eigenvalue weighted by molar-refractivity contribution is 5.79. The van der Waals surface area contributed by atoms with Gasteiger partial charge in [-0.25, -0.2) is 0 Å². The van der Waals surface area contributed by atoms with Crippen LogP contribution in [0, 0.1) is 5.92 Å². The third kappa shape index (κ3) is 3.51. The Hall–Kier alpha value is -0.650. The zero-order chi connectivity index (χ0) is 14.6.